The van der Waals surface area contributed by atoms with Gasteiger partial charge >= 0.3 is 12.2 Å². The minimum absolute atomic E-state index is 0.0484. The number of nitrogens with zero attached hydrogens (tertiary/aromatic N) is 1. The highest BCUT2D eigenvalue weighted by molar-refractivity contribution is 5.74. The SMILES string of the molecule is C/C=C1\C2C=C(C)CC1(NC(=O)Oc1ccccc1)c1ccc(OC(=O)Oc3ccccc3)nc1C2. The Bertz CT molecular complexity index is 1350. The van der Waals surface area contributed by atoms with Gasteiger partial charge in [-0.3, -0.25) is 0 Å². The van der Waals surface area contributed by atoms with Gasteiger partial charge in [-0.25, -0.2) is 14.6 Å². The minimum atomic E-state index is -0.867. The van der Waals surface area contributed by atoms with Gasteiger partial charge in [0.15, 0.2) is 0 Å². The van der Waals surface area contributed by atoms with Gasteiger partial charge in [0.1, 0.15) is 11.5 Å². The van der Waals surface area contributed by atoms with Crippen LogP contribution in [0.3, 0.4) is 0 Å². The van der Waals surface area contributed by atoms with Crippen molar-refractivity contribution in [3.05, 3.63) is 107 Å². The smallest absolute Gasteiger partial charge is 0.410 e. The van der Waals surface area contributed by atoms with Gasteiger partial charge in [0.25, 0.3) is 0 Å². The molecule has 182 valence electrons. The number of aromatic nitrogens is 1. The molecule has 2 aliphatic rings. The summed E-state index contributed by atoms with van der Waals surface area (Å²) < 4.78 is 16.2. The van der Waals surface area contributed by atoms with Crippen LogP contribution >= 0.6 is 0 Å². The lowest BCUT2D eigenvalue weighted by Crippen LogP contribution is -2.54. The molecule has 2 aliphatic carbocycles. The third kappa shape index (κ3) is 4.60. The van der Waals surface area contributed by atoms with E-state index in [0.29, 0.717) is 24.3 Å². The van der Waals surface area contributed by atoms with Crippen LogP contribution in [0, 0.1) is 5.92 Å². The molecule has 7 heteroatoms. The first kappa shape index (κ1) is 23.4. The van der Waals surface area contributed by atoms with Crippen molar-refractivity contribution < 1.29 is 23.8 Å². The van der Waals surface area contributed by atoms with Crippen LogP contribution in [0.2, 0.25) is 0 Å². The summed E-state index contributed by atoms with van der Waals surface area (Å²) in [6.07, 6.45) is 4.05. The average molecular weight is 483 g/mol. The van der Waals surface area contributed by atoms with Crippen LogP contribution in [0.4, 0.5) is 9.59 Å². The van der Waals surface area contributed by atoms with Gasteiger partial charge in [-0.15, -0.1) is 0 Å². The molecule has 0 radical (unpaired) electrons. The number of carbonyl (C=O) groups is 2. The van der Waals surface area contributed by atoms with E-state index in [4.69, 9.17) is 14.2 Å². The summed E-state index contributed by atoms with van der Waals surface area (Å²) in [5, 5.41) is 3.15. The standard InChI is InChI=1S/C29H26N2O5/c1-3-23-20-16-19(2)18-29(23,31-27(32)34-21-10-6-4-7-11-21)24-14-15-26(30-25(24)17-20)36-28(33)35-22-12-8-5-9-13-22/h3-16,20H,17-18H2,1-2H3,(H,31,32)/b23-3+. The number of benzene rings is 2. The van der Waals surface area contributed by atoms with Crippen molar-refractivity contribution in [2.45, 2.75) is 32.2 Å². The van der Waals surface area contributed by atoms with Crippen molar-refractivity contribution in [3.63, 3.8) is 0 Å². The summed E-state index contributed by atoms with van der Waals surface area (Å²) >= 11 is 0. The van der Waals surface area contributed by atoms with Gasteiger partial charge in [0, 0.05) is 24.0 Å². The van der Waals surface area contributed by atoms with E-state index in [9.17, 15) is 9.59 Å². The highest BCUT2D eigenvalue weighted by Crippen LogP contribution is 2.50. The number of amides is 1. The topological polar surface area (TPSA) is 86.8 Å². The number of para-hydroxylation sites is 2. The predicted molar refractivity (Wildman–Crippen MR) is 134 cm³/mol. The molecule has 2 aromatic carbocycles. The molecule has 2 unspecified atom stereocenters. The molecule has 5 rings (SSSR count). The molecule has 1 amide bonds. The first-order chi connectivity index (χ1) is 17.5. The summed E-state index contributed by atoms with van der Waals surface area (Å²) in [6, 6.07) is 21.1. The van der Waals surface area contributed by atoms with E-state index in [2.05, 4.69) is 29.4 Å². The molecule has 2 atom stereocenters. The number of nitrogens with one attached hydrogen (secondary N) is 1. The lowest BCUT2D eigenvalue weighted by atomic mass is 9.63. The third-order valence-electron chi connectivity index (χ3n) is 6.46. The highest BCUT2D eigenvalue weighted by atomic mass is 16.7. The Morgan fingerprint density at radius 2 is 1.61 bits per heavy atom. The number of fused-ring (bicyclic) bond motifs is 4. The van der Waals surface area contributed by atoms with E-state index < -0.39 is 17.8 Å². The number of allylic oxidation sites excluding steroid dienone is 2. The molecular formula is C29H26N2O5. The van der Waals surface area contributed by atoms with Crippen LogP contribution in [0.15, 0.2) is 96.1 Å². The molecule has 7 nitrogen and oxygen atoms in total. The van der Waals surface area contributed by atoms with Crippen molar-refractivity contribution in [2.24, 2.45) is 5.92 Å². The fraction of sp³-hybridized carbons (Fsp3) is 0.207. The molecule has 1 aromatic heterocycles. The van der Waals surface area contributed by atoms with Crippen molar-refractivity contribution in [2.75, 3.05) is 0 Å². The number of hydrogen-bond acceptors (Lipinski definition) is 6. The normalized spacial score (nSPS) is 21.1. The van der Waals surface area contributed by atoms with Gasteiger partial charge in [-0.05, 0) is 56.2 Å². The number of pyridine rings is 1. The zero-order valence-electron chi connectivity index (χ0n) is 20.1. The number of rotatable bonds is 4. The molecule has 0 saturated heterocycles. The number of carbonyl (C=O) groups excluding carboxylic acids is 2. The fourth-order valence-electron chi connectivity index (χ4n) is 5.17. The minimum Gasteiger partial charge on any atom is -0.410 e. The molecular weight excluding hydrogens is 456 g/mol. The Balaban J connectivity index is 1.44. The lowest BCUT2D eigenvalue weighted by Gasteiger charge is -2.47. The van der Waals surface area contributed by atoms with Gasteiger partial charge in [-0.2, -0.15) is 0 Å². The van der Waals surface area contributed by atoms with Gasteiger partial charge in [0.05, 0.1) is 11.2 Å². The average Bonchev–Trinajstić information content (AvgIpc) is 2.84. The molecule has 0 fully saturated rings. The monoisotopic (exact) mass is 482 g/mol. The molecule has 0 saturated carbocycles. The fourth-order valence-corrected chi connectivity index (χ4v) is 5.17. The van der Waals surface area contributed by atoms with Crippen LogP contribution in [0.5, 0.6) is 17.4 Å². The van der Waals surface area contributed by atoms with Gasteiger partial charge in [-0.1, -0.05) is 54.1 Å². The maximum atomic E-state index is 13.1. The first-order valence-corrected chi connectivity index (χ1v) is 11.8. The summed E-state index contributed by atoms with van der Waals surface area (Å²) in [5.74, 6) is 1.03. The summed E-state index contributed by atoms with van der Waals surface area (Å²) in [7, 11) is 0. The second-order valence-corrected chi connectivity index (χ2v) is 8.89. The summed E-state index contributed by atoms with van der Waals surface area (Å²) in [5.41, 5.74) is 3.05. The van der Waals surface area contributed by atoms with Crippen molar-refractivity contribution in [1.29, 1.82) is 0 Å². The highest BCUT2D eigenvalue weighted by Gasteiger charge is 2.48. The second kappa shape index (κ2) is 9.70. The summed E-state index contributed by atoms with van der Waals surface area (Å²) in [6.45, 7) is 4.04. The molecule has 1 heterocycles. The van der Waals surface area contributed by atoms with E-state index in [0.717, 1.165) is 16.8 Å². The molecule has 36 heavy (non-hydrogen) atoms. The summed E-state index contributed by atoms with van der Waals surface area (Å²) in [4.78, 5) is 30.0. The molecule has 2 bridgehead atoms. The van der Waals surface area contributed by atoms with Crippen molar-refractivity contribution >= 4 is 12.2 Å². The lowest BCUT2D eigenvalue weighted by molar-refractivity contribution is 0.149. The second-order valence-electron chi connectivity index (χ2n) is 8.89. The zero-order valence-corrected chi connectivity index (χ0v) is 20.1. The van der Waals surface area contributed by atoms with Crippen molar-refractivity contribution in [1.82, 2.24) is 10.3 Å². The Morgan fingerprint density at radius 1 is 0.944 bits per heavy atom. The van der Waals surface area contributed by atoms with E-state index in [1.165, 1.54) is 5.57 Å². The molecule has 1 N–H and O–H groups in total. The Labute approximate surface area is 209 Å². The predicted octanol–water partition coefficient (Wildman–Crippen LogP) is 6.11. The van der Waals surface area contributed by atoms with E-state index in [-0.39, 0.29) is 11.8 Å². The largest absolute Gasteiger partial charge is 0.520 e. The molecule has 3 aromatic rings. The quantitative estimate of drug-likeness (QED) is 0.274. The Kier molecular flexibility index (Phi) is 6.29. The Morgan fingerprint density at radius 3 is 2.28 bits per heavy atom. The van der Waals surface area contributed by atoms with Crippen LogP contribution in [0.1, 0.15) is 31.5 Å². The van der Waals surface area contributed by atoms with Gasteiger partial charge < -0.3 is 19.5 Å². The molecule has 0 spiro atoms. The molecule has 0 aliphatic heterocycles. The van der Waals surface area contributed by atoms with Gasteiger partial charge in [0.2, 0.25) is 5.88 Å². The Hall–Kier alpha value is -4.39. The maximum absolute atomic E-state index is 13.1. The third-order valence-corrected chi connectivity index (χ3v) is 6.46. The maximum Gasteiger partial charge on any atom is 0.520 e. The van der Waals surface area contributed by atoms with Crippen LogP contribution in [-0.2, 0) is 12.0 Å². The number of hydrogen-bond donors (Lipinski definition) is 1. The van der Waals surface area contributed by atoms with Crippen LogP contribution < -0.4 is 19.5 Å². The van der Waals surface area contributed by atoms with E-state index in [1.54, 1.807) is 42.5 Å². The van der Waals surface area contributed by atoms with Crippen molar-refractivity contribution in [3.8, 4) is 17.4 Å². The van der Waals surface area contributed by atoms with E-state index >= 15 is 0 Å². The van der Waals surface area contributed by atoms with Crippen LogP contribution in [0.25, 0.3) is 0 Å². The first-order valence-electron chi connectivity index (χ1n) is 11.8. The van der Waals surface area contributed by atoms with E-state index in [1.807, 2.05) is 37.3 Å². The van der Waals surface area contributed by atoms with Crippen LogP contribution in [-0.4, -0.2) is 17.2 Å². The number of ether oxygens (including phenoxy) is 3. The zero-order chi connectivity index (χ0) is 25.1.